The first kappa shape index (κ1) is 15.6. The van der Waals surface area contributed by atoms with Gasteiger partial charge in [-0.1, -0.05) is 12.8 Å². The molecule has 0 saturated heterocycles. The second-order valence-corrected chi connectivity index (χ2v) is 5.49. The first-order valence-electron chi connectivity index (χ1n) is 5.90. The van der Waals surface area contributed by atoms with Gasteiger partial charge in [-0.15, -0.1) is 5.92 Å². The second kappa shape index (κ2) is 8.58. The van der Waals surface area contributed by atoms with Crippen molar-refractivity contribution in [1.82, 2.24) is 5.32 Å². The van der Waals surface area contributed by atoms with Crippen LogP contribution >= 0.6 is 31.9 Å². The summed E-state index contributed by atoms with van der Waals surface area (Å²) in [4.78, 5) is 0. The summed E-state index contributed by atoms with van der Waals surface area (Å²) in [7, 11) is 0. The Hall–Kier alpha value is -0.500. The average molecular weight is 375 g/mol. The molecular formula is C14H17Br2NO. The molecule has 0 spiro atoms. The number of benzene rings is 1. The molecule has 18 heavy (non-hydrogen) atoms. The maximum absolute atomic E-state index is 5.60. The molecule has 0 aliphatic heterocycles. The van der Waals surface area contributed by atoms with Crippen molar-refractivity contribution in [2.24, 2.45) is 0 Å². The molecule has 98 valence electrons. The summed E-state index contributed by atoms with van der Waals surface area (Å²) < 4.78 is 7.50. The number of hydrogen-bond acceptors (Lipinski definition) is 2. The fourth-order valence-electron chi connectivity index (χ4n) is 1.44. The molecule has 0 aromatic heterocycles. The van der Waals surface area contributed by atoms with Gasteiger partial charge in [-0.3, -0.25) is 0 Å². The lowest BCUT2D eigenvalue weighted by molar-refractivity contribution is 0.365. The van der Waals surface area contributed by atoms with Crippen LogP contribution in [0.3, 0.4) is 0 Å². The van der Waals surface area contributed by atoms with Crippen LogP contribution in [-0.4, -0.2) is 13.2 Å². The summed E-state index contributed by atoms with van der Waals surface area (Å²) in [6, 6.07) is 4.14. The molecule has 0 atom stereocenters. The zero-order valence-corrected chi connectivity index (χ0v) is 13.8. The summed E-state index contributed by atoms with van der Waals surface area (Å²) in [6.07, 6.45) is 1.14. The molecule has 1 aromatic rings. The van der Waals surface area contributed by atoms with Crippen LogP contribution in [0.5, 0.6) is 5.75 Å². The van der Waals surface area contributed by atoms with Gasteiger partial charge in [0.15, 0.2) is 0 Å². The summed E-state index contributed by atoms with van der Waals surface area (Å²) in [6.45, 7) is 6.25. The quantitative estimate of drug-likeness (QED) is 0.597. The Balaban J connectivity index is 2.72. The Labute approximate surface area is 126 Å². The van der Waals surface area contributed by atoms with Gasteiger partial charge in [-0.2, -0.15) is 0 Å². The van der Waals surface area contributed by atoms with Crippen LogP contribution in [0.15, 0.2) is 21.1 Å². The Morgan fingerprint density at radius 2 is 1.94 bits per heavy atom. The minimum atomic E-state index is 0.404. The van der Waals surface area contributed by atoms with E-state index in [1.807, 2.05) is 0 Å². The lowest BCUT2D eigenvalue weighted by Gasteiger charge is -2.11. The van der Waals surface area contributed by atoms with Crippen molar-refractivity contribution in [3.05, 3.63) is 26.6 Å². The van der Waals surface area contributed by atoms with Crippen LogP contribution in [-0.2, 0) is 6.54 Å². The van der Waals surface area contributed by atoms with Crippen molar-refractivity contribution in [2.75, 3.05) is 13.2 Å². The maximum atomic E-state index is 5.60. The van der Waals surface area contributed by atoms with E-state index in [0.717, 1.165) is 34.2 Å². The van der Waals surface area contributed by atoms with E-state index in [-0.39, 0.29) is 0 Å². The van der Waals surface area contributed by atoms with Crippen LogP contribution in [0.2, 0.25) is 0 Å². The molecule has 0 heterocycles. The Morgan fingerprint density at radius 3 is 2.50 bits per heavy atom. The molecule has 0 aliphatic carbocycles. The monoisotopic (exact) mass is 373 g/mol. The van der Waals surface area contributed by atoms with E-state index in [2.05, 4.69) is 68.1 Å². The smallest absolute Gasteiger partial charge is 0.149 e. The lowest BCUT2D eigenvalue weighted by atomic mass is 10.2. The third kappa shape index (κ3) is 5.01. The molecule has 0 fully saturated rings. The van der Waals surface area contributed by atoms with Crippen LogP contribution in [0.25, 0.3) is 0 Å². The molecule has 2 nitrogen and oxygen atoms in total. The molecular weight excluding hydrogens is 358 g/mol. The molecule has 1 aromatic carbocycles. The molecule has 1 rings (SSSR count). The van der Waals surface area contributed by atoms with Gasteiger partial charge in [-0.25, -0.2) is 0 Å². The Morgan fingerprint density at radius 1 is 1.28 bits per heavy atom. The van der Waals surface area contributed by atoms with Crippen molar-refractivity contribution < 1.29 is 4.74 Å². The molecule has 0 aliphatic rings. The number of rotatable bonds is 6. The third-order valence-corrected chi connectivity index (χ3v) is 3.46. The van der Waals surface area contributed by atoms with Crippen molar-refractivity contribution in [2.45, 2.75) is 26.8 Å². The fraction of sp³-hybridized carbons (Fsp3) is 0.429. The largest absolute Gasteiger partial charge is 0.479 e. The highest BCUT2D eigenvalue weighted by Gasteiger charge is 2.08. The van der Waals surface area contributed by atoms with Gasteiger partial charge in [0.1, 0.15) is 12.4 Å². The van der Waals surface area contributed by atoms with Crippen LogP contribution in [0.1, 0.15) is 25.8 Å². The average Bonchev–Trinajstić information content (AvgIpc) is 2.33. The lowest BCUT2D eigenvalue weighted by Crippen LogP contribution is -2.13. The first-order valence-corrected chi connectivity index (χ1v) is 7.48. The van der Waals surface area contributed by atoms with E-state index in [9.17, 15) is 0 Å². The summed E-state index contributed by atoms with van der Waals surface area (Å²) in [5.74, 6) is 6.49. The third-order valence-electron chi connectivity index (χ3n) is 2.28. The van der Waals surface area contributed by atoms with Crippen molar-refractivity contribution in [3.8, 4) is 17.6 Å². The van der Waals surface area contributed by atoms with Gasteiger partial charge < -0.3 is 10.1 Å². The van der Waals surface area contributed by atoms with Gasteiger partial charge in [0.2, 0.25) is 0 Å². The highest BCUT2D eigenvalue weighted by molar-refractivity contribution is 9.11. The van der Waals surface area contributed by atoms with Gasteiger partial charge in [0.05, 0.1) is 8.95 Å². The number of nitrogens with one attached hydrogen (secondary N) is 1. The standard InChI is InChI=1S/C14H17Br2NO/c1-3-5-7-18-14-12(15)8-11(9-13(14)16)10-17-6-4-2/h8-9,17H,4,6-7,10H2,1-2H3. The Bertz CT molecular complexity index is 426. The van der Waals surface area contributed by atoms with Crippen LogP contribution < -0.4 is 10.1 Å². The molecule has 0 bridgehead atoms. The van der Waals surface area contributed by atoms with Gasteiger partial charge in [-0.05, 0) is 69.4 Å². The summed E-state index contributed by atoms with van der Waals surface area (Å²) in [5, 5.41) is 3.37. The van der Waals surface area contributed by atoms with E-state index < -0.39 is 0 Å². The number of ether oxygens (including phenoxy) is 1. The predicted molar refractivity (Wildman–Crippen MR) is 82.8 cm³/mol. The van der Waals surface area contributed by atoms with Crippen molar-refractivity contribution >= 4 is 31.9 Å². The molecule has 1 N–H and O–H groups in total. The fourth-order valence-corrected chi connectivity index (χ4v) is 2.95. The maximum Gasteiger partial charge on any atom is 0.149 e. The van der Waals surface area contributed by atoms with Crippen LogP contribution in [0, 0.1) is 11.8 Å². The number of hydrogen-bond donors (Lipinski definition) is 1. The zero-order valence-electron chi connectivity index (χ0n) is 10.6. The van der Waals surface area contributed by atoms with E-state index in [1.165, 1.54) is 5.56 Å². The Kier molecular flexibility index (Phi) is 7.41. The van der Waals surface area contributed by atoms with Crippen LogP contribution in [0.4, 0.5) is 0 Å². The minimum Gasteiger partial charge on any atom is -0.479 e. The van der Waals surface area contributed by atoms with Gasteiger partial charge in [0, 0.05) is 6.54 Å². The normalized spacial score (nSPS) is 9.78. The van der Waals surface area contributed by atoms with E-state index in [1.54, 1.807) is 6.92 Å². The SMILES string of the molecule is CC#CCOc1c(Br)cc(CNCCC)cc1Br. The minimum absolute atomic E-state index is 0.404. The van der Waals surface area contributed by atoms with Gasteiger partial charge >= 0.3 is 0 Å². The van der Waals surface area contributed by atoms with E-state index in [0.29, 0.717) is 6.61 Å². The number of halogens is 2. The topological polar surface area (TPSA) is 21.3 Å². The predicted octanol–water partition coefficient (Wildman–Crippen LogP) is 4.11. The molecule has 0 amide bonds. The molecule has 0 radical (unpaired) electrons. The van der Waals surface area contributed by atoms with E-state index >= 15 is 0 Å². The molecule has 4 heteroatoms. The highest BCUT2D eigenvalue weighted by Crippen LogP contribution is 2.34. The zero-order chi connectivity index (χ0) is 13.4. The van der Waals surface area contributed by atoms with Crippen molar-refractivity contribution in [1.29, 1.82) is 0 Å². The van der Waals surface area contributed by atoms with E-state index in [4.69, 9.17) is 4.74 Å². The highest BCUT2D eigenvalue weighted by atomic mass is 79.9. The summed E-state index contributed by atoms with van der Waals surface area (Å²) in [5.41, 5.74) is 1.22. The van der Waals surface area contributed by atoms with Crippen molar-refractivity contribution in [3.63, 3.8) is 0 Å². The second-order valence-electron chi connectivity index (χ2n) is 3.78. The summed E-state index contributed by atoms with van der Waals surface area (Å²) >= 11 is 7.06. The molecule has 0 unspecified atom stereocenters. The molecule has 0 saturated carbocycles. The van der Waals surface area contributed by atoms with Gasteiger partial charge in [0.25, 0.3) is 0 Å². The first-order chi connectivity index (χ1) is 8.69.